The van der Waals surface area contributed by atoms with Gasteiger partial charge in [-0.1, -0.05) is 0 Å². The number of aryl methyl sites for hydroxylation is 4. The highest BCUT2D eigenvalue weighted by molar-refractivity contribution is 7.89. The van der Waals surface area contributed by atoms with Crippen molar-refractivity contribution in [3.63, 3.8) is 0 Å². The summed E-state index contributed by atoms with van der Waals surface area (Å²) >= 11 is 1.35. The Hall–Kier alpha value is -1.71. The van der Waals surface area contributed by atoms with Gasteiger partial charge in [0.05, 0.1) is 10.6 Å². The van der Waals surface area contributed by atoms with E-state index in [0.29, 0.717) is 21.8 Å². The van der Waals surface area contributed by atoms with E-state index in [1.165, 1.54) is 17.4 Å². The highest BCUT2D eigenvalue weighted by Crippen LogP contribution is 2.27. The summed E-state index contributed by atoms with van der Waals surface area (Å²) in [6.45, 7) is 6.77. The molecule has 0 saturated heterocycles. The maximum Gasteiger partial charge on any atom is 0.326 e. The zero-order chi connectivity index (χ0) is 16.7. The van der Waals surface area contributed by atoms with E-state index < -0.39 is 22.0 Å². The number of hydrogen-bond donors (Lipinski definition) is 3. The molecule has 2 aromatic heterocycles. The third kappa shape index (κ3) is 3.06. The Bertz CT molecular complexity index is 801. The quantitative estimate of drug-likeness (QED) is 0.766. The van der Waals surface area contributed by atoms with Crippen LogP contribution in [0.1, 0.15) is 32.7 Å². The molecule has 0 radical (unpaired) electrons. The lowest BCUT2D eigenvalue weighted by Crippen LogP contribution is -2.34. The predicted molar refractivity (Wildman–Crippen MR) is 82.6 cm³/mol. The van der Waals surface area contributed by atoms with Crippen molar-refractivity contribution in [1.82, 2.24) is 14.9 Å². The van der Waals surface area contributed by atoms with Crippen molar-refractivity contribution < 1.29 is 18.3 Å². The maximum absolute atomic E-state index is 12.5. The van der Waals surface area contributed by atoms with Crippen LogP contribution in [0.15, 0.2) is 11.0 Å². The van der Waals surface area contributed by atoms with E-state index in [2.05, 4.69) is 14.9 Å². The second-order valence-electron chi connectivity index (χ2n) is 5.02. The number of nitrogens with zero attached hydrogens (tertiary/aromatic N) is 1. The molecule has 0 aliphatic heterocycles. The first kappa shape index (κ1) is 16.7. The van der Waals surface area contributed by atoms with E-state index in [-0.39, 0.29) is 4.90 Å². The van der Waals surface area contributed by atoms with E-state index in [4.69, 9.17) is 0 Å². The summed E-state index contributed by atoms with van der Waals surface area (Å²) in [6.07, 6.45) is 0. The number of sulfonamides is 1. The number of carbonyl (C=O) groups is 1. The smallest absolute Gasteiger partial charge is 0.326 e. The molecule has 22 heavy (non-hydrogen) atoms. The molecule has 7 nitrogen and oxygen atoms in total. The van der Waals surface area contributed by atoms with Crippen LogP contribution in [0.3, 0.4) is 0 Å². The SMILES string of the molecule is Cc1cc(S(=O)(=O)N[C@H](C(=O)O)c2c(C)n[nH]c2C)c(C)s1. The minimum atomic E-state index is -3.94. The molecule has 1 atom stereocenters. The number of hydrogen-bond acceptors (Lipinski definition) is 5. The summed E-state index contributed by atoms with van der Waals surface area (Å²) in [6, 6.07) is 0.152. The number of H-pyrrole nitrogens is 1. The monoisotopic (exact) mass is 343 g/mol. The van der Waals surface area contributed by atoms with E-state index in [1.54, 1.807) is 27.7 Å². The second kappa shape index (κ2) is 5.82. The standard InChI is InChI=1S/C13H17N3O4S2/c1-6-5-10(9(4)21-6)22(19,20)16-12(13(17)18)11-7(2)14-15-8(11)3/h5,12,16H,1-4H3,(H,14,15)(H,17,18)/t12-/m0/s1. The van der Waals surface area contributed by atoms with Crippen molar-refractivity contribution in [2.45, 2.75) is 38.6 Å². The molecule has 0 saturated carbocycles. The lowest BCUT2D eigenvalue weighted by Gasteiger charge is -2.15. The summed E-state index contributed by atoms with van der Waals surface area (Å²) in [5.74, 6) is -1.28. The molecule has 0 aromatic carbocycles. The van der Waals surface area contributed by atoms with Crippen molar-refractivity contribution in [2.75, 3.05) is 0 Å². The van der Waals surface area contributed by atoms with Gasteiger partial charge in [0.1, 0.15) is 6.04 Å². The van der Waals surface area contributed by atoms with E-state index in [9.17, 15) is 18.3 Å². The molecule has 120 valence electrons. The van der Waals surface area contributed by atoms with Crippen molar-refractivity contribution in [1.29, 1.82) is 0 Å². The molecular weight excluding hydrogens is 326 g/mol. The predicted octanol–water partition coefficient (Wildman–Crippen LogP) is 1.81. The topological polar surface area (TPSA) is 112 Å². The van der Waals surface area contributed by atoms with Crippen LogP contribution < -0.4 is 4.72 Å². The molecule has 2 aromatic rings. The van der Waals surface area contributed by atoms with Gasteiger partial charge in [-0.05, 0) is 33.8 Å². The molecule has 2 heterocycles. The molecule has 9 heteroatoms. The van der Waals surface area contributed by atoms with Gasteiger partial charge in [-0.15, -0.1) is 11.3 Å². The van der Waals surface area contributed by atoms with Gasteiger partial charge >= 0.3 is 5.97 Å². The second-order valence-corrected chi connectivity index (χ2v) is 8.16. The van der Waals surface area contributed by atoms with Crippen molar-refractivity contribution in [3.8, 4) is 0 Å². The fraction of sp³-hybridized carbons (Fsp3) is 0.385. The summed E-state index contributed by atoms with van der Waals surface area (Å²) in [7, 11) is -3.94. The van der Waals surface area contributed by atoms with Crippen molar-refractivity contribution in [3.05, 3.63) is 32.8 Å². The van der Waals surface area contributed by atoms with Gasteiger partial charge in [0.15, 0.2) is 0 Å². The van der Waals surface area contributed by atoms with Gasteiger partial charge in [0, 0.05) is 21.0 Å². The van der Waals surface area contributed by atoms with Crippen molar-refractivity contribution >= 4 is 27.3 Å². The minimum absolute atomic E-state index is 0.111. The number of nitrogens with one attached hydrogen (secondary N) is 2. The van der Waals surface area contributed by atoms with Crippen LogP contribution in [-0.4, -0.2) is 29.7 Å². The Morgan fingerprint density at radius 3 is 2.41 bits per heavy atom. The normalized spacial score (nSPS) is 13.3. The lowest BCUT2D eigenvalue weighted by atomic mass is 10.1. The minimum Gasteiger partial charge on any atom is -0.480 e. The first-order chi connectivity index (χ1) is 10.1. The molecule has 3 N–H and O–H groups in total. The molecule has 0 amide bonds. The largest absolute Gasteiger partial charge is 0.480 e. The Balaban J connectivity index is 2.45. The highest BCUT2D eigenvalue weighted by atomic mass is 32.2. The number of aromatic amines is 1. The number of carboxylic acids is 1. The summed E-state index contributed by atoms with van der Waals surface area (Å²) in [5, 5.41) is 16.0. The molecule has 0 aliphatic carbocycles. The van der Waals surface area contributed by atoms with Gasteiger partial charge in [-0.2, -0.15) is 9.82 Å². The van der Waals surface area contributed by atoms with Gasteiger partial charge < -0.3 is 5.11 Å². The molecule has 0 bridgehead atoms. The number of rotatable bonds is 5. The first-order valence-corrected chi connectivity index (χ1v) is 8.77. The van der Waals surface area contributed by atoms with E-state index in [1.807, 2.05) is 0 Å². The highest BCUT2D eigenvalue weighted by Gasteiger charge is 2.31. The Morgan fingerprint density at radius 2 is 2.00 bits per heavy atom. The first-order valence-electron chi connectivity index (χ1n) is 6.47. The summed E-state index contributed by atoms with van der Waals surface area (Å²) in [5.41, 5.74) is 1.30. The molecular formula is C13H17N3O4S2. The maximum atomic E-state index is 12.5. The van der Waals surface area contributed by atoms with Crippen LogP contribution >= 0.6 is 11.3 Å². The molecule has 2 rings (SSSR count). The van der Waals surface area contributed by atoms with Crippen LogP contribution in [0.2, 0.25) is 0 Å². The van der Waals surface area contributed by atoms with E-state index >= 15 is 0 Å². The van der Waals surface area contributed by atoms with Gasteiger partial charge in [-0.25, -0.2) is 8.42 Å². The lowest BCUT2D eigenvalue weighted by molar-refractivity contribution is -0.139. The molecule has 0 unspecified atom stereocenters. The zero-order valence-corrected chi connectivity index (χ0v) is 14.2. The zero-order valence-electron chi connectivity index (χ0n) is 12.6. The summed E-state index contributed by atoms with van der Waals surface area (Å²) in [4.78, 5) is 13.1. The van der Waals surface area contributed by atoms with Gasteiger partial charge in [-0.3, -0.25) is 9.89 Å². The van der Waals surface area contributed by atoms with Crippen LogP contribution in [0.25, 0.3) is 0 Å². The van der Waals surface area contributed by atoms with Crippen molar-refractivity contribution in [2.24, 2.45) is 0 Å². The third-order valence-electron chi connectivity index (χ3n) is 3.28. The number of aliphatic carboxylic acids is 1. The van der Waals surface area contributed by atoms with Crippen LogP contribution in [0, 0.1) is 27.7 Å². The molecule has 0 aliphatic rings. The Labute approximate surface area is 132 Å². The number of aromatic nitrogens is 2. The Kier molecular flexibility index (Phi) is 4.41. The number of thiophene rings is 1. The van der Waals surface area contributed by atoms with Gasteiger partial charge in [0.2, 0.25) is 10.0 Å². The average Bonchev–Trinajstić information content (AvgIpc) is 2.90. The van der Waals surface area contributed by atoms with Crippen LogP contribution in [0.5, 0.6) is 0 Å². The summed E-state index contributed by atoms with van der Waals surface area (Å²) < 4.78 is 27.3. The van der Waals surface area contributed by atoms with E-state index in [0.717, 1.165) is 4.88 Å². The van der Waals surface area contributed by atoms with Gasteiger partial charge in [0.25, 0.3) is 0 Å². The Morgan fingerprint density at radius 1 is 1.36 bits per heavy atom. The molecule has 0 spiro atoms. The molecule has 0 fully saturated rings. The number of carboxylic acid groups (broad SMARTS) is 1. The fourth-order valence-electron chi connectivity index (χ4n) is 2.31. The third-order valence-corrected chi connectivity index (χ3v) is 5.92. The van der Waals surface area contributed by atoms with Crippen LogP contribution in [-0.2, 0) is 14.8 Å². The average molecular weight is 343 g/mol. The van der Waals surface area contributed by atoms with Crippen LogP contribution in [0.4, 0.5) is 0 Å². The fourth-order valence-corrected chi connectivity index (χ4v) is 5.02.